The second-order valence-electron chi connectivity index (χ2n) is 10.3. The first-order valence-corrected chi connectivity index (χ1v) is 13.0. The van der Waals surface area contributed by atoms with Crippen molar-refractivity contribution in [2.75, 3.05) is 53.4 Å². The molecule has 0 saturated carbocycles. The zero-order valence-corrected chi connectivity index (χ0v) is 22.8. The van der Waals surface area contributed by atoms with Gasteiger partial charge in [-0.25, -0.2) is 0 Å². The molecule has 5 heteroatoms. The van der Waals surface area contributed by atoms with Crippen LogP contribution in [0.3, 0.4) is 0 Å². The Bertz CT molecular complexity index is 650. The normalized spacial score (nSPS) is 19.9. The fourth-order valence-corrected chi connectivity index (χ4v) is 4.02. The van der Waals surface area contributed by atoms with Crippen molar-refractivity contribution >= 4 is 5.91 Å². The average molecular weight is 462 g/mol. The van der Waals surface area contributed by atoms with Gasteiger partial charge < -0.3 is 14.5 Å². The first-order valence-electron chi connectivity index (χ1n) is 13.0. The van der Waals surface area contributed by atoms with E-state index in [1.165, 1.54) is 11.1 Å². The van der Waals surface area contributed by atoms with Crippen LogP contribution in [-0.4, -0.2) is 80.1 Å². The zero-order valence-electron chi connectivity index (χ0n) is 22.8. The van der Waals surface area contributed by atoms with E-state index in [2.05, 4.69) is 82.5 Å². The van der Waals surface area contributed by atoms with Gasteiger partial charge in [0.15, 0.2) is 0 Å². The molecular weight excluding hydrogens is 410 g/mol. The lowest BCUT2D eigenvalue weighted by Gasteiger charge is -2.32. The van der Waals surface area contributed by atoms with E-state index >= 15 is 0 Å². The summed E-state index contributed by atoms with van der Waals surface area (Å²) in [6.07, 6.45) is 12.5. The number of amides is 1. The quantitative estimate of drug-likeness (QED) is 0.349. The maximum absolute atomic E-state index is 13.3. The van der Waals surface area contributed by atoms with Gasteiger partial charge in [-0.05, 0) is 70.8 Å². The van der Waals surface area contributed by atoms with Gasteiger partial charge in [0, 0.05) is 32.1 Å². The van der Waals surface area contributed by atoms with Crippen molar-refractivity contribution in [3.63, 3.8) is 0 Å². The molecule has 0 saturated heterocycles. The van der Waals surface area contributed by atoms with Crippen LogP contribution >= 0.6 is 0 Å². The van der Waals surface area contributed by atoms with E-state index in [1.807, 2.05) is 6.08 Å². The lowest BCUT2D eigenvalue weighted by Crippen LogP contribution is -2.45. The molecule has 0 aromatic rings. The molecule has 0 bridgehead atoms. The summed E-state index contributed by atoms with van der Waals surface area (Å²) >= 11 is 0. The van der Waals surface area contributed by atoms with Crippen molar-refractivity contribution in [1.29, 1.82) is 0 Å². The van der Waals surface area contributed by atoms with Crippen molar-refractivity contribution in [2.45, 2.75) is 73.3 Å². The monoisotopic (exact) mass is 461 g/mol. The Morgan fingerprint density at radius 2 is 1.76 bits per heavy atom. The largest absolute Gasteiger partial charge is 0.501 e. The first-order chi connectivity index (χ1) is 15.6. The molecule has 5 nitrogen and oxygen atoms in total. The molecule has 190 valence electrons. The molecule has 0 N–H and O–H groups in total. The lowest BCUT2D eigenvalue weighted by atomic mass is 9.92. The van der Waals surface area contributed by atoms with Crippen LogP contribution in [0.4, 0.5) is 0 Å². The Balaban J connectivity index is 2.91. The van der Waals surface area contributed by atoms with E-state index < -0.39 is 0 Å². The maximum Gasteiger partial charge on any atom is 0.236 e. The summed E-state index contributed by atoms with van der Waals surface area (Å²) in [5.74, 6) is 1.09. The Morgan fingerprint density at radius 1 is 1.06 bits per heavy atom. The standard InChI is InChI=1S/C28H51N3O2/c1-9-10-16-30(17-12-15-29(7)8)28(32)22-31(24(4)5)21-25(6)27-13-11-18-33-19-14-26(20-27)23(2)3/h11,13,18,20,23-25H,9-10,12,14-17,19,21-22H2,1-8H3/b18-11+,26-20-,27-13+. The van der Waals surface area contributed by atoms with E-state index in [1.54, 1.807) is 6.26 Å². The highest BCUT2D eigenvalue weighted by Crippen LogP contribution is 2.23. The van der Waals surface area contributed by atoms with Crippen molar-refractivity contribution in [2.24, 2.45) is 11.8 Å². The number of unbranched alkanes of at least 4 members (excludes halogenated alkanes) is 1. The SMILES string of the molecule is CCCCN(CCCN(C)C)C(=O)CN(CC(C)C1=C/C=C/OCC\C(C(C)C)=C\1)C(C)C. The van der Waals surface area contributed by atoms with Crippen LogP contribution < -0.4 is 0 Å². The van der Waals surface area contributed by atoms with Gasteiger partial charge in [-0.2, -0.15) is 0 Å². The summed E-state index contributed by atoms with van der Waals surface area (Å²) in [5.41, 5.74) is 2.74. The summed E-state index contributed by atoms with van der Waals surface area (Å²) in [6, 6.07) is 0.315. The van der Waals surface area contributed by atoms with Crippen LogP contribution in [0.2, 0.25) is 0 Å². The number of allylic oxidation sites excluding steroid dienone is 3. The van der Waals surface area contributed by atoms with Crippen molar-refractivity contribution in [3.8, 4) is 0 Å². The molecule has 0 spiro atoms. The molecule has 33 heavy (non-hydrogen) atoms. The highest BCUT2D eigenvalue weighted by Gasteiger charge is 2.22. The van der Waals surface area contributed by atoms with E-state index in [0.717, 1.165) is 58.5 Å². The van der Waals surface area contributed by atoms with E-state index in [0.29, 0.717) is 24.4 Å². The van der Waals surface area contributed by atoms with Gasteiger partial charge >= 0.3 is 0 Å². The Morgan fingerprint density at radius 3 is 2.36 bits per heavy atom. The number of carbonyl (C=O) groups excluding carboxylic acids is 1. The highest BCUT2D eigenvalue weighted by atomic mass is 16.5. The second kappa shape index (κ2) is 16.1. The molecule has 0 aromatic heterocycles. The summed E-state index contributed by atoms with van der Waals surface area (Å²) in [5, 5.41) is 0. The predicted molar refractivity (Wildman–Crippen MR) is 141 cm³/mol. The zero-order chi connectivity index (χ0) is 24.8. The molecule has 1 heterocycles. The first kappa shape index (κ1) is 29.4. The Kier molecular flexibility index (Phi) is 14.4. The maximum atomic E-state index is 13.3. The molecule has 1 aliphatic rings. The van der Waals surface area contributed by atoms with Crippen LogP contribution in [0.25, 0.3) is 0 Å². The minimum Gasteiger partial charge on any atom is -0.501 e. The predicted octanol–water partition coefficient (Wildman–Crippen LogP) is 5.36. The van der Waals surface area contributed by atoms with Crippen molar-refractivity contribution in [1.82, 2.24) is 14.7 Å². The number of hydrogen-bond acceptors (Lipinski definition) is 4. The molecule has 0 aliphatic carbocycles. The minimum atomic E-state index is 0.262. The molecule has 1 unspecified atom stereocenters. The molecule has 0 aromatic carbocycles. The number of rotatable bonds is 14. The third kappa shape index (κ3) is 11.9. The van der Waals surface area contributed by atoms with E-state index in [4.69, 9.17) is 4.74 Å². The number of carbonyl (C=O) groups is 1. The fourth-order valence-electron chi connectivity index (χ4n) is 4.02. The summed E-state index contributed by atoms with van der Waals surface area (Å²) in [4.78, 5) is 19.9. The molecule has 0 fully saturated rings. The van der Waals surface area contributed by atoms with Crippen LogP contribution in [-0.2, 0) is 9.53 Å². The smallest absolute Gasteiger partial charge is 0.236 e. The molecule has 1 amide bonds. The molecule has 1 aliphatic heterocycles. The third-order valence-electron chi connectivity index (χ3n) is 6.38. The topological polar surface area (TPSA) is 36.0 Å². The molecular formula is C28H51N3O2. The van der Waals surface area contributed by atoms with Crippen LogP contribution in [0.1, 0.15) is 67.2 Å². The number of hydrogen-bond donors (Lipinski definition) is 0. The fraction of sp³-hybridized carbons (Fsp3) is 0.750. The summed E-state index contributed by atoms with van der Waals surface area (Å²) in [7, 11) is 4.18. The second-order valence-corrected chi connectivity index (χ2v) is 10.3. The van der Waals surface area contributed by atoms with Gasteiger partial charge in [0.2, 0.25) is 5.91 Å². The third-order valence-corrected chi connectivity index (χ3v) is 6.38. The summed E-state index contributed by atoms with van der Waals surface area (Å²) in [6.45, 7) is 18.2. The van der Waals surface area contributed by atoms with Crippen molar-refractivity contribution in [3.05, 3.63) is 35.6 Å². The van der Waals surface area contributed by atoms with Crippen LogP contribution in [0.15, 0.2) is 35.6 Å². The van der Waals surface area contributed by atoms with E-state index in [-0.39, 0.29) is 5.91 Å². The van der Waals surface area contributed by atoms with Crippen LogP contribution in [0.5, 0.6) is 0 Å². The highest BCUT2D eigenvalue weighted by molar-refractivity contribution is 5.78. The Hall–Kier alpha value is -1.59. The number of ether oxygens (including phenoxy) is 1. The van der Waals surface area contributed by atoms with Crippen LogP contribution in [0, 0.1) is 11.8 Å². The van der Waals surface area contributed by atoms with Gasteiger partial charge in [-0.1, -0.05) is 51.8 Å². The van der Waals surface area contributed by atoms with Gasteiger partial charge in [0.1, 0.15) is 0 Å². The van der Waals surface area contributed by atoms with Gasteiger partial charge in [0.25, 0.3) is 0 Å². The average Bonchev–Trinajstić information content (AvgIpc) is 2.87. The summed E-state index contributed by atoms with van der Waals surface area (Å²) < 4.78 is 5.61. The molecule has 0 radical (unpaired) electrons. The Labute approximate surface area is 204 Å². The van der Waals surface area contributed by atoms with Gasteiger partial charge in [-0.15, -0.1) is 0 Å². The molecule has 1 rings (SSSR count). The van der Waals surface area contributed by atoms with Gasteiger partial charge in [-0.3, -0.25) is 9.69 Å². The van der Waals surface area contributed by atoms with Gasteiger partial charge in [0.05, 0.1) is 19.4 Å². The molecule has 1 atom stereocenters. The van der Waals surface area contributed by atoms with Crippen molar-refractivity contribution < 1.29 is 9.53 Å². The lowest BCUT2D eigenvalue weighted by molar-refractivity contribution is -0.133. The van der Waals surface area contributed by atoms with E-state index in [9.17, 15) is 4.79 Å². The number of nitrogens with zero attached hydrogens (tertiary/aromatic N) is 3. The minimum absolute atomic E-state index is 0.262.